The molecule has 0 aliphatic heterocycles. The van der Waals surface area contributed by atoms with Gasteiger partial charge in [-0.2, -0.15) is 4.31 Å². The van der Waals surface area contributed by atoms with Crippen LogP contribution >= 0.6 is 15.9 Å². The van der Waals surface area contributed by atoms with Crippen molar-refractivity contribution in [2.45, 2.75) is 25.7 Å². The van der Waals surface area contributed by atoms with E-state index in [1.807, 2.05) is 13.8 Å². The van der Waals surface area contributed by atoms with Gasteiger partial charge in [0, 0.05) is 23.6 Å². The van der Waals surface area contributed by atoms with Gasteiger partial charge in [-0.1, -0.05) is 20.8 Å². The zero-order valence-corrected chi connectivity index (χ0v) is 13.4. The molecule has 0 amide bonds. The minimum Gasteiger partial charge on any atom is -0.207 e. The topological polar surface area (TPSA) is 37.4 Å². The third-order valence-electron chi connectivity index (χ3n) is 2.48. The number of hydrogen-bond acceptors (Lipinski definition) is 2. The molecule has 0 aliphatic rings. The maximum absolute atomic E-state index is 13.8. The lowest BCUT2D eigenvalue weighted by Crippen LogP contribution is -2.34. The van der Waals surface area contributed by atoms with Crippen LogP contribution in [0, 0.1) is 17.6 Å². The number of halogens is 3. The standard InChI is InChI=1S/C12H16BrF2NO2S/c1-4-16(7-8(2)3)19(17,18)12-10(13)5-9(14)6-11(12)15/h5-6,8H,4,7H2,1-3H3. The highest BCUT2D eigenvalue weighted by molar-refractivity contribution is 9.10. The second-order valence-electron chi connectivity index (χ2n) is 4.55. The summed E-state index contributed by atoms with van der Waals surface area (Å²) in [6.45, 7) is 5.92. The van der Waals surface area contributed by atoms with Gasteiger partial charge in [0.25, 0.3) is 0 Å². The van der Waals surface area contributed by atoms with Crippen LogP contribution in [0.15, 0.2) is 21.5 Å². The van der Waals surface area contributed by atoms with Crippen molar-refractivity contribution < 1.29 is 17.2 Å². The number of hydrogen-bond donors (Lipinski definition) is 0. The molecule has 0 fully saturated rings. The van der Waals surface area contributed by atoms with Crippen LogP contribution < -0.4 is 0 Å². The van der Waals surface area contributed by atoms with Crippen molar-refractivity contribution >= 4 is 26.0 Å². The maximum atomic E-state index is 13.8. The summed E-state index contributed by atoms with van der Waals surface area (Å²) in [5.41, 5.74) is 0. The van der Waals surface area contributed by atoms with Crippen LogP contribution in [0.5, 0.6) is 0 Å². The molecule has 3 nitrogen and oxygen atoms in total. The zero-order chi connectivity index (χ0) is 14.8. The lowest BCUT2D eigenvalue weighted by atomic mass is 10.2. The number of sulfonamides is 1. The van der Waals surface area contributed by atoms with E-state index in [4.69, 9.17) is 0 Å². The van der Waals surface area contributed by atoms with E-state index < -0.39 is 26.6 Å². The molecule has 0 N–H and O–H groups in total. The molecular formula is C12H16BrF2NO2S. The normalized spacial score (nSPS) is 12.4. The first-order valence-electron chi connectivity index (χ1n) is 5.84. The molecule has 0 atom stereocenters. The Morgan fingerprint density at radius 1 is 1.32 bits per heavy atom. The first kappa shape index (κ1) is 16.5. The molecule has 108 valence electrons. The van der Waals surface area contributed by atoms with Crippen molar-refractivity contribution in [1.82, 2.24) is 4.31 Å². The molecule has 0 aromatic heterocycles. The molecule has 0 bridgehead atoms. The fourth-order valence-electron chi connectivity index (χ4n) is 1.71. The van der Waals surface area contributed by atoms with Crippen molar-refractivity contribution in [3.63, 3.8) is 0 Å². The average Bonchev–Trinajstić information content (AvgIpc) is 2.23. The fraction of sp³-hybridized carbons (Fsp3) is 0.500. The van der Waals surface area contributed by atoms with Crippen molar-refractivity contribution in [2.24, 2.45) is 5.92 Å². The van der Waals surface area contributed by atoms with Crippen LogP contribution in [0.2, 0.25) is 0 Å². The highest BCUT2D eigenvalue weighted by Gasteiger charge is 2.29. The molecule has 19 heavy (non-hydrogen) atoms. The molecule has 1 aromatic rings. The maximum Gasteiger partial charge on any atom is 0.247 e. The van der Waals surface area contributed by atoms with E-state index in [1.54, 1.807) is 6.92 Å². The quantitative estimate of drug-likeness (QED) is 0.811. The highest BCUT2D eigenvalue weighted by Crippen LogP contribution is 2.29. The summed E-state index contributed by atoms with van der Waals surface area (Å²) < 4.78 is 52.6. The molecule has 0 radical (unpaired) electrons. The molecule has 0 unspecified atom stereocenters. The minimum absolute atomic E-state index is 0.104. The van der Waals surface area contributed by atoms with Gasteiger partial charge in [0.2, 0.25) is 10.0 Å². The van der Waals surface area contributed by atoms with Gasteiger partial charge in [-0.3, -0.25) is 0 Å². The van der Waals surface area contributed by atoms with Crippen LogP contribution in [0.4, 0.5) is 8.78 Å². The molecule has 1 aromatic carbocycles. The molecular weight excluding hydrogens is 340 g/mol. The van der Waals surface area contributed by atoms with Gasteiger partial charge in [-0.15, -0.1) is 0 Å². The molecule has 7 heteroatoms. The molecule has 0 saturated carbocycles. The summed E-state index contributed by atoms with van der Waals surface area (Å²) in [6, 6.07) is 1.51. The van der Waals surface area contributed by atoms with E-state index in [0.29, 0.717) is 6.07 Å². The van der Waals surface area contributed by atoms with E-state index in [9.17, 15) is 17.2 Å². The van der Waals surface area contributed by atoms with Crippen LogP contribution in [-0.4, -0.2) is 25.8 Å². The van der Waals surface area contributed by atoms with Crippen molar-refractivity contribution in [3.8, 4) is 0 Å². The van der Waals surface area contributed by atoms with E-state index in [0.717, 1.165) is 6.07 Å². The lowest BCUT2D eigenvalue weighted by Gasteiger charge is -2.23. The molecule has 0 heterocycles. The van der Waals surface area contributed by atoms with Crippen LogP contribution in [0.3, 0.4) is 0 Å². The Balaban J connectivity index is 3.34. The van der Waals surface area contributed by atoms with Gasteiger partial charge in [0.05, 0.1) is 0 Å². The van der Waals surface area contributed by atoms with Crippen molar-refractivity contribution in [1.29, 1.82) is 0 Å². The first-order chi connectivity index (χ1) is 8.70. The van der Waals surface area contributed by atoms with Gasteiger partial charge in [-0.05, 0) is 27.9 Å². The minimum atomic E-state index is -3.98. The Hall–Kier alpha value is -0.530. The van der Waals surface area contributed by atoms with Crippen LogP contribution in [0.1, 0.15) is 20.8 Å². The molecule has 0 spiro atoms. The lowest BCUT2D eigenvalue weighted by molar-refractivity contribution is 0.378. The summed E-state index contributed by atoms with van der Waals surface area (Å²) in [7, 11) is -3.98. The van der Waals surface area contributed by atoms with E-state index in [2.05, 4.69) is 15.9 Å². The monoisotopic (exact) mass is 355 g/mol. The zero-order valence-electron chi connectivity index (χ0n) is 11.0. The van der Waals surface area contributed by atoms with Crippen molar-refractivity contribution in [2.75, 3.05) is 13.1 Å². The van der Waals surface area contributed by atoms with Gasteiger partial charge >= 0.3 is 0 Å². The molecule has 0 saturated heterocycles. The molecule has 1 rings (SSSR count). The number of nitrogens with zero attached hydrogens (tertiary/aromatic N) is 1. The number of benzene rings is 1. The van der Waals surface area contributed by atoms with Crippen LogP contribution in [0.25, 0.3) is 0 Å². The van der Waals surface area contributed by atoms with Gasteiger partial charge in [0.1, 0.15) is 16.5 Å². The second-order valence-corrected chi connectivity index (χ2v) is 7.28. The van der Waals surface area contributed by atoms with E-state index in [1.165, 1.54) is 4.31 Å². The summed E-state index contributed by atoms with van der Waals surface area (Å²) in [5.74, 6) is -1.80. The highest BCUT2D eigenvalue weighted by atomic mass is 79.9. The third kappa shape index (κ3) is 3.73. The largest absolute Gasteiger partial charge is 0.247 e. The Bertz CT molecular complexity index is 538. The average molecular weight is 356 g/mol. The SMILES string of the molecule is CCN(CC(C)C)S(=O)(=O)c1c(F)cc(F)cc1Br. The number of rotatable bonds is 5. The predicted octanol–water partition coefficient (Wildman–Crippen LogP) is 3.39. The van der Waals surface area contributed by atoms with Gasteiger partial charge in [0.15, 0.2) is 0 Å². The molecule has 0 aliphatic carbocycles. The Labute approximate surface area is 120 Å². The first-order valence-corrected chi connectivity index (χ1v) is 8.08. The Morgan fingerprint density at radius 3 is 2.32 bits per heavy atom. The summed E-state index contributed by atoms with van der Waals surface area (Å²) in [6.07, 6.45) is 0. The predicted molar refractivity (Wildman–Crippen MR) is 73.3 cm³/mol. The second kappa shape index (κ2) is 6.28. The van der Waals surface area contributed by atoms with E-state index >= 15 is 0 Å². The Kier molecular flexibility index (Phi) is 5.46. The third-order valence-corrected chi connectivity index (χ3v) is 5.39. The fourth-order valence-corrected chi connectivity index (χ4v) is 4.43. The van der Waals surface area contributed by atoms with Gasteiger partial charge in [-0.25, -0.2) is 17.2 Å². The van der Waals surface area contributed by atoms with E-state index in [-0.39, 0.29) is 23.5 Å². The van der Waals surface area contributed by atoms with Gasteiger partial charge < -0.3 is 0 Å². The van der Waals surface area contributed by atoms with Crippen molar-refractivity contribution in [3.05, 3.63) is 28.2 Å². The summed E-state index contributed by atoms with van der Waals surface area (Å²) >= 11 is 2.91. The summed E-state index contributed by atoms with van der Waals surface area (Å²) in [5, 5.41) is 0. The smallest absolute Gasteiger partial charge is 0.207 e. The van der Waals surface area contributed by atoms with Crippen LogP contribution in [-0.2, 0) is 10.0 Å². The Morgan fingerprint density at radius 2 is 1.89 bits per heavy atom. The summed E-state index contributed by atoms with van der Waals surface area (Å²) in [4.78, 5) is -0.517.